The molecular weight excluding hydrogens is 426 g/mol. The van der Waals surface area contributed by atoms with E-state index in [9.17, 15) is 18.0 Å². The van der Waals surface area contributed by atoms with Gasteiger partial charge in [-0.15, -0.1) is 0 Å². The highest BCUT2D eigenvalue weighted by Gasteiger charge is 2.15. The quantitative estimate of drug-likeness (QED) is 0.535. The molecule has 3 rings (SSSR count). The number of amides is 1. The van der Waals surface area contributed by atoms with Crippen molar-refractivity contribution in [2.45, 2.75) is 50.6 Å². The molecule has 0 radical (unpaired) electrons. The van der Waals surface area contributed by atoms with Gasteiger partial charge in [0.05, 0.1) is 4.90 Å². The van der Waals surface area contributed by atoms with Gasteiger partial charge in [0.15, 0.2) is 5.78 Å². The Kier molecular flexibility index (Phi) is 8.55. The molecule has 172 valence electrons. The maximum atomic E-state index is 12.4. The Bertz CT molecular complexity index is 1030. The van der Waals surface area contributed by atoms with Crippen molar-refractivity contribution in [2.24, 2.45) is 0 Å². The molecule has 0 bridgehead atoms. The number of carbonyl (C=O) groups is 2. The summed E-state index contributed by atoms with van der Waals surface area (Å²) in [6, 6.07) is 13.8. The van der Waals surface area contributed by atoms with Crippen LogP contribution in [0.3, 0.4) is 0 Å². The summed E-state index contributed by atoms with van der Waals surface area (Å²) in [5, 5.41) is 2.89. The zero-order valence-electron chi connectivity index (χ0n) is 18.5. The number of Topliss-reactive ketones (excluding diaryl/α,β-unsaturated/α-hetero) is 1. The van der Waals surface area contributed by atoms with E-state index in [-0.39, 0.29) is 29.6 Å². The number of carbonyl (C=O) groups excluding carboxylic acids is 2. The molecule has 8 heteroatoms. The third-order valence-electron chi connectivity index (χ3n) is 5.65. The fourth-order valence-electron chi connectivity index (χ4n) is 3.78. The Morgan fingerprint density at radius 3 is 2.25 bits per heavy atom. The Balaban J connectivity index is 1.46. The van der Waals surface area contributed by atoms with Crippen molar-refractivity contribution in [1.82, 2.24) is 14.9 Å². The summed E-state index contributed by atoms with van der Waals surface area (Å²) in [5.41, 5.74) is 2.74. The van der Waals surface area contributed by atoms with Gasteiger partial charge in [-0.3, -0.25) is 14.5 Å². The van der Waals surface area contributed by atoms with Crippen molar-refractivity contribution >= 4 is 21.7 Å². The van der Waals surface area contributed by atoms with E-state index >= 15 is 0 Å². The van der Waals surface area contributed by atoms with Gasteiger partial charge in [0, 0.05) is 31.6 Å². The standard InChI is InChI=1S/C24H31N3O4S/c1-19(28)20-9-11-23(12-10-20)32(30,31)26-14-13-24(29)25-17-21-7-3-4-8-22(21)18-27-15-5-2-6-16-27/h3-4,7-12,26H,2,5-6,13-18H2,1H3,(H,25,29). The topological polar surface area (TPSA) is 95.6 Å². The first-order valence-electron chi connectivity index (χ1n) is 11.0. The van der Waals surface area contributed by atoms with Crippen LogP contribution >= 0.6 is 0 Å². The average molecular weight is 458 g/mol. The molecule has 7 nitrogen and oxygen atoms in total. The highest BCUT2D eigenvalue weighted by Crippen LogP contribution is 2.16. The summed E-state index contributed by atoms with van der Waals surface area (Å²) in [7, 11) is -3.74. The van der Waals surface area contributed by atoms with Crippen LogP contribution in [0.25, 0.3) is 0 Å². The summed E-state index contributed by atoms with van der Waals surface area (Å²) < 4.78 is 27.2. The molecule has 1 amide bonds. The van der Waals surface area contributed by atoms with Crippen LogP contribution in [0.15, 0.2) is 53.4 Å². The van der Waals surface area contributed by atoms with Gasteiger partial charge in [-0.05, 0) is 56.1 Å². The number of nitrogens with zero attached hydrogens (tertiary/aromatic N) is 1. The van der Waals surface area contributed by atoms with E-state index in [4.69, 9.17) is 0 Å². The van der Waals surface area contributed by atoms with Gasteiger partial charge in [-0.1, -0.05) is 42.8 Å². The Hall–Kier alpha value is -2.55. The van der Waals surface area contributed by atoms with E-state index < -0.39 is 10.0 Å². The van der Waals surface area contributed by atoms with Crippen LogP contribution in [0.5, 0.6) is 0 Å². The van der Waals surface area contributed by atoms with Gasteiger partial charge in [0.2, 0.25) is 15.9 Å². The lowest BCUT2D eigenvalue weighted by Crippen LogP contribution is -2.31. The molecular formula is C24H31N3O4S. The SMILES string of the molecule is CC(=O)c1ccc(S(=O)(=O)NCCC(=O)NCc2ccccc2CN2CCCCC2)cc1. The molecule has 0 aromatic heterocycles. The van der Waals surface area contributed by atoms with Crippen molar-refractivity contribution < 1.29 is 18.0 Å². The first-order valence-corrected chi connectivity index (χ1v) is 12.5. The second-order valence-corrected chi connectivity index (χ2v) is 9.88. The average Bonchev–Trinajstić information content (AvgIpc) is 2.79. The molecule has 0 atom stereocenters. The van der Waals surface area contributed by atoms with E-state index in [1.165, 1.54) is 56.0 Å². The molecule has 2 N–H and O–H groups in total. The molecule has 1 saturated heterocycles. The summed E-state index contributed by atoms with van der Waals surface area (Å²) in [5.74, 6) is -0.344. The Morgan fingerprint density at radius 2 is 1.59 bits per heavy atom. The van der Waals surface area contributed by atoms with Gasteiger partial charge < -0.3 is 5.32 Å². The lowest BCUT2D eigenvalue weighted by molar-refractivity contribution is -0.121. The number of rotatable bonds is 10. The van der Waals surface area contributed by atoms with Crippen LogP contribution in [-0.2, 0) is 27.9 Å². The van der Waals surface area contributed by atoms with Gasteiger partial charge in [-0.25, -0.2) is 13.1 Å². The van der Waals surface area contributed by atoms with E-state index in [1.807, 2.05) is 18.2 Å². The van der Waals surface area contributed by atoms with Crippen molar-refractivity contribution in [3.05, 3.63) is 65.2 Å². The van der Waals surface area contributed by atoms with Crippen molar-refractivity contribution in [1.29, 1.82) is 0 Å². The van der Waals surface area contributed by atoms with Crippen LogP contribution in [-0.4, -0.2) is 44.6 Å². The molecule has 2 aromatic carbocycles. The van der Waals surface area contributed by atoms with Crippen LogP contribution in [0.2, 0.25) is 0 Å². The summed E-state index contributed by atoms with van der Waals surface area (Å²) in [6.07, 6.45) is 3.80. The zero-order chi connectivity index (χ0) is 23.0. The fraction of sp³-hybridized carbons (Fsp3) is 0.417. The van der Waals surface area contributed by atoms with Crippen LogP contribution < -0.4 is 10.0 Å². The second kappa shape index (κ2) is 11.4. The minimum absolute atomic E-state index is 0.00193. The molecule has 1 aliphatic heterocycles. The first-order chi connectivity index (χ1) is 15.3. The van der Waals surface area contributed by atoms with E-state index in [1.54, 1.807) is 0 Å². The Morgan fingerprint density at radius 1 is 0.938 bits per heavy atom. The lowest BCUT2D eigenvalue weighted by Gasteiger charge is -2.27. The smallest absolute Gasteiger partial charge is 0.240 e. The molecule has 1 fully saturated rings. The first kappa shape index (κ1) is 24.1. The predicted octanol–water partition coefficient (Wildman–Crippen LogP) is 2.86. The maximum Gasteiger partial charge on any atom is 0.240 e. The zero-order valence-corrected chi connectivity index (χ0v) is 19.3. The molecule has 1 heterocycles. The number of hydrogen-bond donors (Lipinski definition) is 2. The minimum atomic E-state index is -3.74. The van der Waals surface area contributed by atoms with E-state index in [0.29, 0.717) is 12.1 Å². The Labute approximate surface area is 190 Å². The van der Waals surface area contributed by atoms with E-state index in [2.05, 4.69) is 21.0 Å². The largest absolute Gasteiger partial charge is 0.352 e. The number of piperidine rings is 1. The van der Waals surface area contributed by atoms with Gasteiger partial charge in [0.1, 0.15) is 0 Å². The number of sulfonamides is 1. The minimum Gasteiger partial charge on any atom is -0.352 e. The third-order valence-corrected chi connectivity index (χ3v) is 7.13. The normalized spacial score (nSPS) is 14.8. The van der Waals surface area contributed by atoms with Gasteiger partial charge >= 0.3 is 0 Å². The molecule has 2 aromatic rings. The number of likely N-dealkylation sites (tertiary alicyclic amines) is 1. The predicted molar refractivity (Wildman–Crippen MR) is 124 cm³/mol. The highest BCUT2D eigenvalue weighted by atomic mass is 32.2. The summed E-state index contributed by atoms with van der Waals surface area (Å²) in [4.78, 5) is 26.1. The number of hydrogen-bond acceptors (Lipinski definition) is 5. The molecule has 32 heavy (non-hydrogen) atoms. The van der Waals surface area contributed by atoms with Crippen LogP contribution in [0.4, 0.5) is 0 Å². The summed E-state index contributed by atoms with van der Waals surface area (Å²) in [6.45, 7) is 4.94. The van der Waals surface area contributed by atoms with Crippen molar-refractivity contribution in [2.75, 3.05) is 19.6 Å². The molecule has 0 spiro atoms. The lowest BCUT2D eigenvalue weighted by atomic mass is 10.0. The second-order valence-electron chi connectivity index (χ2n) is 8.11. The molecule has 0 aliphatic carbocycles. The van der Waals surface area contributed by atoms with Gasteiger partial charge in [-0.2, -0.15) is 0 Å². The monoisotopic (exact) mass is 457 g/mol. The number of nitrogens with one attached hydrogen (secondary N) is 2. The van der Waals surface area contributed by atoms with Gasteiger partial charge in [0.25, 0.3) is 0 Å². The van der Waals surface area contributed by atoms with Crippen molar-refractivity contribution in [3.8, 4) is 0 Å². The summed E-state index contributed by atoms with van der Waals surface area (Å²) >= 11 is 0. The van der Waals surface area contributed by atoms with Crippen LogP contribution in [0, 0.1) is 0 Å². The number of ketones is 1. The maximum absolute atomic E-state index is 12.4. The van der Waals surface area contributed by atoms with E-state index in [0.717, 1.165) is 25.2 Å². The molecule has 0 saturated carbocycles. The number of benzene rings is 2. The van der Waals surface area contributed by atoms with Crippen LogP contribution in [0.1, 0.15) is 54.1 Å². The molecule has 1 aliphatic rings. The third kappa shape index (κ3) is 6.98. The highest BCUT2D eigenvalue weighted by molar-refractivity contribution is 7.89. The molecule has 0 unspecified atom stereocenters. The van der Waals surface area contributed by atoms with Crippen molar-refractivity contribution in [3.63, 3.8) is 0 Å². The fourth-order valence-corrected chi connectivity index (χ4v) is 4.81.